The minimum Gasteiger partial charge on any atom is -0.317 e. The summed E-state index contributed by atoms with van der Waals surface area (Å²) >= 11 is 0. The largest absolute Gasteiger partial charge is 0.317 e. The molecule has 0 aliphatic carbocycles. The summed E-state index contributed by atoms with van der Waals surface area (Å²) in [6, 6.07) is 0. The van der Waals surface area contributed by atoms with E-state index >= 15 is 0 Å². The minimum absolute atomic E-state index is 0.391. The van der Waals surface area contributed by atoms with Gasteiger partial charge in [-0.3, -0.25) is 4.90 Å². The third-order valence-corrected chi connectivity index (χ3v) is 4.97. The molecule has 0 aromatic rings. The highest BCUT2D eigenvalue weighted by atomic mass is 15.3. The Hall–Kier alpha value is -0.120. The zero-order chi connectivity index (χ0) is 12.3. The summed E-state index contributed by atoms with van der Waals surface area (Å²) in [6.07, 6.45) is 2.70. The van der Waals surface area contributed by atoms with Crippen LogP contribution in [0.3, 0.4) is 0 Å². The second-order valence-electron chi connectivity index (χ2n) is 6.10. The van der Waals surface area contributed by atoms with Crippen molar-refractivity contribution < 1.29 is 0 Å². The lowest BCUT2D eigenvalue weighted by molar-refractivity contribution is 0.00817. The average molecular weight is 239 g/mol. The maximum absolute atomic E-state index is 3.48. The van der Waals surface area contributed by atoms with Gasteiger partial charge in [-0.15, -0.1) is 0 Å². The molecule has 2 rings (SSSR count). The lowest BCUT2D eigenvalue weighted by Crippen LogP contribution is -2.58. The van der Waals surface area contributed by atoms with Gasteiger partial charge in [-0.25, -0.2) is 0 Å². The predicted molar refractivity (Wildman–Crippen MR) is 73.4 cm³/mol. The molecule has 0 bridgehead atoms. The molecular formula is C14H29N3. The Kier molecular flexibility index (Phi) is 4.45. The minimum atomic E-state index is 0.391. The first kappa shape index (κ1) is 13.3. The summed E-state index contributed by atoms with van der Waals surface area (Å²) in [6.45, 7) is 15.8. The molecule has 2 saturated heterocycles. The molecule has 2 aliphatic rings. The van der Waals surface area contributed by atoms with Gasteiger partial charge in [-0.05, 0) is 52.2 Å². The predicted octanol–water partition coefficient (Wildman–Crippen LogP) is 1.40. The van der Waals surface area contributed by atoms with E-state index in [1.54, 1.807) is 0 Å². The van der Waals surface area contributed by atoms with E-state index in [-0.39, 0.29) is 0 Å². The number of hydrogen-bond donors (Lipinski definition) is 1. The molecule has 2 heterocycles. The summed E-state index contributed by atoms with van der Waals surface area (Å²) in [5, 5.41) is 3.48. The van der Waals surface area contributed by atoms with E-state index in [1.807, 2.05) is 0 Å². The van der Waals surface area contributed by atoms with Gasteiger partial charge in [0.25, 0.3) is 0 Å². The zero-order valence-electron chi connectivity index (χ0n) is 11.8. The van der Waals surface area contributed by atoms with Gasteiger partial charge in [0.2, 0.25) is 0 Å². The van der Waals surface area contributed by atoms with Gasteiger partial charge in [0, 0.05) is 31.7 Å². The van der Waals surface area contributed by atoms with Crippen molar-refractivity contribution in [2.45, 2.75) is 39.2 Å². The second-order valence-corrected chi connectivity index (χ2v) is 6.10. The number of likely N-dealkylation sites (N-methyl/N-ethyl adjacent to an activating group) is 1. The average Bonchev–Trinajstić information content (AvgIpc) is 2.40. The Morgan fingerprint density at radius 3 is 2.18 bits per heavy atom. The van der Waals surface area contributed by atoms with E-state index in [1.165, 1.54) is 58.7 Å². The molecule has 3 heteroatoms. The van der Waals surface area contributed by atoms with Crippen LogP contribution in [-0.4, -0.2) is 61.2 Å². The lowest BCUT2D eigenvalue weighted by Gasteiger charge is -2.49. The normalized spacial score (nSPS) is 26.3. The summed E-state index contributed by atoms with van der Waals surface area (Å²) in [4.78, 5) is 5.30. The fourth-order valence-corrected chi connectivity index (χ4v) is 3.43. The van der Waals surface area contributed by atoms with Crippen LogP contribution in [0.1, 0.15) is 33.6 Å². The fourth-order valence-electron chi connectivity index (χ4n) is 3.43. The van der Waals surface area contributed by atoms with Crippen LogP contribution in [0, 0.1) is 5.92 Å². The van der Waals surface area contributed by atoms with Crippen LogP contribution in [0.25, 0.3) is 0 Å². The van der Waals surface area contributed by atoms with Gasteiger partial charge in [0.05, 0.1) is 0 Å². The first-order chi connectivity index (χ1) is 8.14. The van der Waals surface area contributed by atoms with Crippen molar-refractivity contribution >= 4 is 0 Å². The van der Waals surface area contributed by atoms with Gasteiger partial charge < -0.3 is 10.2 Å². The van der Waals surface area contributed by atoms with Crippen LogP contribution in [-0.2, 0) is 0 Å². The van der Waals surface area contributed by atoms with Crippen LogP contribution in [0.2, 0.25) is 0 Å². The van der Waals surface area contributed by atoms with E-state index in [0.29, 0.717) is 5.54 Å². The maximum Gasteiger partial charge on any atom is 0.0183 e. The highest BCUT2D eigenvalue weighted by Crippen LogP contribution is 2.31. The van der Waals surface area contributed by atoms with Crippen LogP contribution >= 0.6 is 0 Å². The van der Waals surface area contributed by atoms with E-state index in [9.17, 15) is 0 Å². The van der Waals surface area contributed by atoms with Crippen molar-refractivity contribution in [2.75, 3.05) is 45.8 Å². The van der Waals surface area contributed by atoms with E-state index < -0.39 is 0 Å². The van der Waals surface area contributed by atoms with Crippen molar-refractivity contribution in [2.24, 2.45) is 5.92 Å². The quantitative estimate of drug-likeness (QED) is 0.803. The molecule has 17 heavy (non-hydrogen) atoms. The van der Waals surface area contributed by atoms with E-state index in [0.717, 1.165) is 5.92 Å². The van der Waals surface area contributed by atoms with Gasteiger partial charge in [0.1, 0.15) is 0 Å². The molecule has 1 N–H and O–H groups in total. The molecule has 2 aliphatic heterocycles. The van der Waals surface area contributed by atoms with E-state index in [2.05, 4.69) is 35.9 Å². The van der Waals surface area contributed by atoms with Gasteiger partial charge in [-0.1, -0.05) is 6.92 Å². The molecule has 0 spiro atoms. The molecule has 100 valence electrons. The molecule has 3 nitrogen and oxygen atoms in total. The number of nitrogens with zero attached hydrogens (tertiary/aromatic N) is 2. The molecule has 0 aromatic heterocycles. The zero-order valence-corrected chi connectivity index (χ0v) is 11.8. The smallest absolute Gasteiger partial charge is 0.0183 e. The molecule has 0 atom stereocenters. The Labute approximate surface area is 107 Å². The Morgan fingerprint density at radius 2 is 1.65 bits per heavy atom. The van der Waals surface area contributed by atoms with E-state index in [4.69, 9.17) is 0 Å². The Bertz CT molecular complexity index is 226. The summed E-state index contributed by atoms with van der Waals surface area (Å²) in [7, 11) is 0. The monoisotopic (exact) mass is 239 g/mol. The standard InChI is InChI=1S/C14H29N3/c1-4-16-9-11-17(12-10-16)14(2,3)13-5-7-15-8-6-13/h13,15H,4-12H2,1-3H3. The van der Waals surface area contributed by atoms with Crippen molar-refractivity contribution in [3.05, 3.63) is 0 Å². The highest BCUT2D eigenvalue weighted by Gasteiger charge is 2.36. The topological polar surface area (TPSA) is 18.5 Å². The van der Waals surface area contributed by atoms with Crippen molar-refractivity contribution in [3.8, 4) is 0 Å². The summed E-state index contributed by atoms with van der Waals surface area (Å²) in [5.41, 5.74) is 0.391. The Balaban J connectivity index is 1.91. The second kappa shape index (κ2) is 5.68. The number of piperidine rings is 1. The number of nitrogens with one attached hydrogen (secondary N) is 1. The summed E-state index contributed by atoms with van der Waals surface area (Å²) in [5.74, 6) is 0.872. The van der Waals surface area contributed by atoms with Crippen LogP contribution in [0.4, 0.5) is 0 Å². The first-order valence-electron chi connectivity index (χ1n) is 7.32. The molecular weight excluding hydrogens is 210 g/mol. The Morgan fingerprint density at radius 1 is 1.06 bits per heavy atom. The van der Waals surface area contributed by atoms with Gasteiger partial charge >= 0.3 is 0 Å². The molecule has 0 saturated carbocycles. The number of rotatable bonds is 3. The van der Waals surface area contributed by atoms with Crippen molar-refractivity contribution in [1.29, 1.82) is 0 Å². The molecule has 2 fully saturated rings. The molecule has 0 unspecified atom stereocenters. The van der Waals surface area contributed by atoms with Gasteiger partial charge in [0.15, 0.2) is 0 Å². The molecule has 0 aromatic carbocycles. The van der Waals surface area contributed by atoms with Crippen LogP contribution in [0.5, 0.6) is 0 Å². The summed E-state index contributed by atoms with van der Waals surface area (Å²) < 4.78 is 0. The number of piperazine rings is 1. The first-order valence-corrected chi connectivity index (χ1v) is 7.32. The third kappa shape index (κ3) is 3.01. The molecule has 0 amide bonds. The maximum atomic E-state index is 3.48. The molecule has 0 radical (unpaired) electrons. The highest BCUT2D eigenvalue weighted by molar-refractivity contribution is 4.93. The van der Waals surface area contributed by atoms with Crippen LogP contribution < -0.4 is 5.32 Å². The lowest BCUT2D eigenvalue weighted by atomic mass is 9.79. The van der Waals surface area contributed by atoms with Crippen molar-refractivity contribution in [3.63, 3.8) is 0 Å². The number of hydrogen-bond acceptors (Lipinski definition) is 3. The van der Waals surface area contributed by atoms with Gasteiger partial charge in [-0.2, -0.15) is 0 Å². The SMILES string of the molecule is CCN1CCN(C(C)(C)C2CCNCC2)CC1. The van der Waals surface area contributed by atoms with Crippen LogP contribution in [0.15, 0.2) is 0 Å². The fraction of sp³-hybridized carbons (Fsp3) is 1.00. The third-order valence-electron chi connectivity index (χ3n) is 4.97. The van der Waals surface area contributed by atoms with Crippen molar-refractivity contribution in [1.82, 2.24) is 15.1 Å².